The summed E-state index contributed by atoms with van der Waals surface area (Å²) >= 11 is 3.72. The van der Waals surface area contributed by atoms with Crippen molar-refractivity contribution in [3.63, 3.8) is 0 Å². The Morgan fingerprint density at radius 2 is 1.33 bits per heavy atom. The number of esters is 2. The van der Waals surface area contributed by atoms with E-state index in [4.69, 9.17) is 9.47 Å². The van der Waals surface area contributed by atoms with E-state index in [0.717, 1.165) is 37.9 Å². The van der Waals surface area contributed by atoms with E-state index in [9.17, 15) is 9.59 Å². The summed E-state index contributed by atoms with van der Waals surface area (Å²) in [6, 6.07) is 21.8. The molecule has 0 saturated carbocycles. The van der Waals surface area contributed by atoms with Gasteiger partial charge in [-0.15, -0.1) is 0 Å². The second-order valence-electron chi connectivity index (χ2n) is 9.56. The van der Waals surface area contributed by atoms with Gasteiger partial charge in [-0.3, -0.25) is 9.59 Å². The topological polar surface area (TPSA) is 52.6 Å². The Morgan fingerprint density at radius 1 is 0.806 bits per heavy atom. The fraction of sp³-hybridized carbons (Fsp3) is 0.290. The molecule has 0 amide bonds. The van der Waals surface area contributed by atoms with E-state index >= 15 is 0 Å². The van der Waals surface area contributed by atoms with E-state index in [2.05, 4.69) is 27.8 Å². The highest BCUT2D eigenvalue weighted by atomic mass is 79.9. The molecular formula is C31H29BrO4. The first-order chi connectivity index (χ1) is 17.2. The highest BCUT2D eigenvalue weighted by Gasteiger charge is 2.54. The fourth-order valence-electron chi connectivity index (χ4n) is 4.47. The Kier molecular flexibility index (Phi) is 7.66. The van der Waals surface area contributed by atoms with Gasteiger partial charge in [-0.25, -0.2) is 0 Å². The first kappa shape index (κ1) is 25.7. The van der Waals surface area contributed by atoms with Crippen LogP contribution in [0.15, 0.2) is 71.2 Å². The molecule has 0 radical (unpaired) electrons. The molecule has 1 aliphatic rings. The number of carbonyl (C=O) groups is 2. The van der Waals surface area contributed by atoms with Crippen LogP contribution in [0.3, 0.4) is 0 Å². The average Bonchev–Trinajstić information content (AvgIpc) is 3.27. The lowest BCUT2D eigenvalue weighted by Crippen LogP contribution is -2.44. The van der Waals surface area contributed by atoms with Crippen LogP contribution in [0, 0.1) is 17.3 Å². The molecule has 5 heteroatoms. The van der Waals surface area contributed by atoms with Crippen molar-refractivity contribution in [1.29, 1.82) is 0 Å². The average molecular weight is 545 g/mol. The summed E-state index contributed by atoms with van der Waals surface area (Å²) in [6.45, 7) is 7.12. The molecule has 0 unspecified atom stereocenters. The second-order valence-corrected chi connectivity index (χ2v) is 10.4. The zero-order valence-corrected chi connectivity index (χ0v) is 22.5. The summed E-state index contributed by atoms with van der Waals surface area (Å²) in [5.41, 5.74) is 3.93. The van der Waals surface area contributed by atoms with Gasteiger partial charge in [0.25, 0.3) is 0 Å². The van der Waals surface area contributed by atoms with Crippen molar-refractivity contribution in [1.82, 2.24) is 0 Å². The number of carbonyl (C=O) groups excluding carboxylic acids is 2. The van der Waals surface area contributed by atoms with Crippen molar-refractivity contribution >= 4 is 27.9 Å². The van der Waals surface area contributed by atoms with Gasteiger partial charge in [-0.1, -0.05) is 76.3 Å². The molecular weight excluding hydrogens is 516 g/mol. The molecule has 0 N–H and O–H groups in total. The Hall–Kier alpha value is -3.36. The van der Waals surface area contributed by atoms with Gasteiger partial charge in [0.15, 0.2) is 5.41 Å². The third-order valence-corrected chi connectivity index (χ3v) is 6.82. The van der Waals surface area contributed by atoms with E-state index < -0.39 is 17.4 Å². The van der Waals surface area contributed by atoms with Gasteiger partial charge < -0.3 is 9.47 Å². The van der Waals surface area contributed by atoms with Gasteiger partial charge >= 0.3 is 11.9 Å². The maximum atomic E-state index is 13.5. The monoisotopic (exact) mass is 544 g/mol. The zero-order chi connectivity index (χ0) is 25.9. The molecule has 36 heavy (non-hydrogen) atoms. The van der Waals surface area contributed by atoms with Gasteiger partial charge in [0.05, 0.1) is 12.2 Å². The molecule has 0 fully saturated rings. The van der Waals surface area contributed by atoms with Crippen molar-refractivity contribution in [3.8, 4) is 23.0 Å². The van der Waals surface area contributed by atoms with Gasteiger partial charge in [-0.05, 0) is 68.1 Å². The number of benzene rings is 3. The molecule has 3 aromatic rings. The fourth-order valence-corrected chi connectivity index (χ4v) is 5.07. The van der Waals surface area contributed by atoms with Crippen LogP contribution in [-0.2, 0) is 31.9 Å². The Bertz CT molecular complexity index is 1310. The van der Waals surface area contributed by atoms with Crippen molar-refractivity contribution in [2.45, 2.75) is 52.7 Å². The van der Waals surface area contributed by atoms with Gasteiger partial charge in [0.2, 0.25) is 0 Å². The lowest BCUT2D eigenvalue weighted by atomic mass is 9.84. The predicted molar refractivity (Wildman–Crippen MR) is 144 cm³/mol. The summed E-state index contributed by atoms with van der Waals surface area (Å²) in [5.74, 6) is 5.53. The number of rotatable bonds is 5. The van der Waals surface area contributed by atoms with Crippen LogP contribution in [0.5, 0.6) is 0 Å². The number of halogens is 1. The Morgan fingerprint density at radius 3 is 1.89 bits per heavy atom. The quantitative estimate of drug-likeness (QED) is 0.209. The highest BCUT2D eigenvalue weighted by molar-refractivity contribution is 9.10. The molecule has 184 valence electrons. The summed E-state index contributed by atoms with van der Waals surface area (Å²) < 4.78 is 12.0. The van der Waals surface area contributed by atoms with E-state index in [1.165, 1.54) is 0 Å². The number of hydrogen-bond acceptors (Lipinski definition) is 4. The van der Waals surface area contributed by atoms with Crippen LogP contribution in [0.25, 0.3) is 11.1 Å². The molecule has 0 saturated heterocycles. The molecule has 0 bridgehead atoms. The molecule has 4 rings (SSSR count). The number of ether oxygens (including phenoxy) is 2. The van der Waals surface area contributed by atoms with Crippen LogP contribution in [0.4, 0.5) is 0 Å². The number of hydrogen-bond donors (Lipinski definition) is 0. The second kappa shape index (κ2) is 10.7. The van der Waals surface area contributed by atoms with Crippen molar-refractivity contribution in [2.75, 3.05) is 0 Å². The third kappa shape index (κ3) is 5.24. The minimum absolute atomic E-state index is 0.164. The lowest BCUT2D eigenvalue weighted by molar-refractivity contribution is -0.176. The van der Waals surface area contributed by atoms with E-state index in [1.54, 1.807) is 27.7 Å². The first-order valence-electron chi connectivity index (χ1n) is 12.1. The summed E-state index contributed by atoms with van der Waals surface area (Å²) in [6.07, 6.45) is -0.358. The molecule has 0 spiro atoms. The standard InChI is InChI=1S/C31H29BrO4/c1-20(2)35-29(33)31(30(34)36-21(3)4)18-26-24(16-15-22-11-7-5-8-12-22)25(17-28(32)27(26)19-31)23-13-9-6-10-14-23/h5-14,17,20-21H,18-19H2,1-4H3. The molecule has 4 nitrogen and oxygen atoms in total. The molecule has 1 aliphatic carbocycles. The maximum absolute atomic E-state index is 13.5. The van der Waals surface area contributed by atoms with Gasteiger partial charge in [0, 0.05) is 28.4 Å². The lowest BCUT2D eigenvalue weighted by Gasteiger charge is -2.26. The van der Waals surface area contributed by atoms with E-state index in [-0.39, 0.29) is 25.0 Å². The maximum Gasteiger partial charge on any atom is 0.324 e. The highest BCUT2D eigenvalue weighted by Crippen LogP contribution is 2.46. The summed E-state index contributed by atoms with van der Waals surface area (Å²) in [5, 5.41) is 0. The molecule has 0 atom stereocenters. The van der Waals surface area contributed by atoms with Crippen molar-refractivity contribution in [2.24, 2.45) is 5.41 Å². The summed E-state index contributed by atoms with van der Waals surface area (Å²) in [7, 11) is 0. The number of fused-ring (bicyclic) bond motifs is 1. The minimum Gasteiger partial charge on any atom is -0.462 e. The van der Waals surface area contributed by atoms with Gasteiger partial charge in [-0.2, -0.15) is 0 Å². The Balaban J connectivity index is 1.91. The third-order valence-electron chi connectivity index (χ3n) is 6.11. The largest absolute Gasteiger partial charge is 0.462 e. The normalized spacial score (nSPS) is 13.6. The van der Waals surface area contributed by atoms with Gasteiger partial charge in [0.1, 0.15) is 0 Å². The zero-order valence-electron chi connectivity index (χ0n) is 20.9. The minimum atomic E-state index is -1.46. The molecule has 0 aromatic heterocycles. The van der Waals surface area contributed by atoms with Crippen LogP contribution in [-0.4, -0.2) is 24.1 Å². The molecule has 3 aromatic carbocycles. The van der Waals surface area contributed by atoms with E-state index in [1.807, 2.05) is 66.7 Å². The Labute approximate surface area is 221 Å². The van der Waals surface area contributed by atoms with E-state index in [0.29, 0.717) is 0 Å². The SMILES string of the molecule is CC(C)OC(=O)C1(C(=O)OC(C)C)Cc2c(Br)cc(-c3ccccc3)c(C#Cc3ccccc3)c2C1. The van der Waals surface area contributed by atoms with Crippen molar-refractivity contribution < 1.29 is 19.1 Å². The molecule has 0 heterocycles. The first-order valence-corrected chi connectivity index (χ1v) is 12.9. The smallest absolute Gasteiger partial charge is 0.324 e. The van der Waals surface area contributed by atoms with Crippen LogP contribution >= 0.6 is 15.9 Å². The summed E-state index contributed by atoms with van der Waals surface area (Å²) in [4.78, 5) is 26.9. The molecule has 0 aliphatic heterocycles. The predicted octanol–water partition coefficient (Wildman–Crippen LogP) is 6.50. The van der Waals surface area contributed by atoms with Crippen molar-refractivity contribution in [3.05, 3.63) is 93.5 Å². The van der Waals surface area contributed by atoms with Crippen LogP contribution < -0.4 is 0 Å². The van der Waals surface area contributed by atoms with Crippen LogP contribution in [0.2, 0.25) is 0 Å². The van der Waals surface area contributed by atoms with Crippen LogP contribution in [0.1, 0.15) is 49.9 Å².